The van der Waals surface area contributed by atoms with E-state index in [1.807, 2.05) is 0 Å². The fourth-order valence-electron chi connectivity index (χ4n) is 1.66. The zero-order valence-corrected chi connectivity index (χ0v) is 8.82. The van der Waals surface area contributed by atoms with Crippen molar-refractivity contribution in [1.82, 2.24) is 14.8 Å². The van der Waals surface area contributed by atoms with Crippen molar-refractivity contribution in [3.63, 3.8) is 0 Å². The lowest BCUT2D eigenvalue weighted by atomic mass is 10.1. The van der Waals surface area contributed by atoms with Gasteiger partial charge in [0.2, 0.25) is 0 Å². The van der Waals surface area contributed by atoms with Crippen molar-refractivity contribution in [3.8, 4) is 11.4 Å². The molecule has 0 fully saturated rings. The third kappa shape index (κ3) is 1.40. The number of aliphatic imine (C=N–C) groups is 1. The van der Waals surface area contributed by atoms with Crippen LogP contribution >= 0.6 is 11.6 Å². The molecule has 0 atom stereocenters. The summed E-state index contributed by atoms with van der Waals surface area (Å²) in [6.07, 6.45) is 1.42. The van der Waals surface area contributed by atoms with Gasteiger partial charge in [-0.1, -0.05) is 11.6 Å². The molecular formula is C10H6ClFN4. The number of halogens is 2. The van der Waals surface area contributed by atoms with Gasteiger partial charge in [-0.05, 0) is 18.2 Å². The molecule has 4 nitrogen and oxygen atoms in total. The molecule has 0 bridgehead atoms. The smallest absolute Gasteiger partial charge is 0.160 e. The highest BCUT2D eigenvalue weighted by molar-refractivity contribution is 6.65. The minimum Gasteiger partial charge on any atom is -0.239 e. The summed E-state index contributed by atoms with van der Waals surface area (Å²) in [5, 5.41) is 4.41. The van der Waals surface area contributed by atoms with E-state index in [-0.39, 0.29) is 5.82 Å². The average molecular weight is 237 g/mol. The lowest BCUT2D eigenvalue weighted by Gasteiger charge is -2.02. The molecule has 0 saturated carbocycles. The molecule has 16 heavy (non-hydrogen) atoms. The Morgan fingerprint density at radius 1 is 1.38 bits per heavy atom. The quantitative estimate of drug-likeness (QED) is 0.705. The molecule has 1 aliphatic rings. The van der Waals surface area contributed by atoms with Crippen molar-refractivity contribution in [3.05, 3.63) is 30.3 Å². The minimum absolute atomic E-state index is 0.332. The van der Waals surface area contributed by atoms with Crippen molar-refractivity contribution in [2.45, 2.75) is 6.54 Å². The van der Waals surface area contributed by atoms with E-state index in [1.165, 1.54) is 18.5 Å². The summed E-state index contributed by atoms with van der Waals surface area (Å²) in [7, 11) is 0. The van der Waals surface area contributed by atoms with Crippen LogP contribution < -0.4 is 0 Å². The van der Waals surface area contributed by atoms with Crippen LogP contribution in [0.2, 0.25) is 0 Å². The van der Waals surface area contributed by atoms with Crippen molar-refractivity contribution < 1.29 is 4.39 Å². The van der Waals surface area contributed by atoms with Crippen molar-refractivity contribution in [1.29, 1.82) is 0 Å². The van der Waals surface area contributed by atoms with E-state index in [1.54, 1.807) is 10.7 Å². The molecule has 0 saturated heterocycles. The van der Waals surface area contributed by atoms with Gasteiger partial charge in [-0.25, -0.2) is 19.0 Å². The highest BCUT2D eigenvalue weighted by Crippen LogP contribution is 2.32. The molecule has 0 spiro atoms. The number of fused-ring (bicyclic) bond motifs is 3. The van der Waals surface area contributed by atoms with Crippen LogP contribution in [0.1, 0.15) is 0 Å². The Morgan fingerprint density at radius 2 is 2.25 bits per heavy atom. The van der Waals surface area contributed by atoms with Gasteiger partial charge in [-0.2, -0.15) is 5.10 Å². The SMILES string of the molecule is Fc1ccc2c(c1)-c1ncnn1CC(Cl)=N2. The number of hydrogen-bond donors (Lipinski definition) is 0. The van der Waals surface area contributed by atoms with Gasteiger partial charge in [0.05, 0.1) is 12.2 Å². The highest BCUT2D eigenvalue weighted by Gasteiger charge is 2.17. The molecule has 6 heteroatoms. The summed E-state index contributed by atoms with van der Waals surface area (Å²) in [6.45, 7) is 0.354. The number of rotatable bonds is 0. The fraction of sp³-hybridized carbons (Fsp3) is 0.100. The second-order valence-electron chi connectivity index (χ2n) is 3.39. The first kappa shape index (κ1) is 9.47. The van der Waals surface area contributed by atoms with E-state index in [9.17, 15) is 4.39 Å². The summed E-state index contributed by atoms with van der Waals surface area (Å²) in [5.74, 6) is 0.246. The lowest BCUT2D eigenvalue weighted by Crippen LogP contribution is -2.05. The summed E-state index contributed by atoms with van der Waals surface area (Å²) in [4.78, 5) is 8.27. The molecule has 0 amide bonds. The van der Waals surface area contributed by atoms with Gasteiger partial charge in [0, 0.05) is 5.56 Å². The number of nitrogens with zero attached hydrogens (tertiary/aromatic N) is 4. The van der Waals surface area contributed by atoms with E-state index in [4.69, 9.17) is 11.6 Å². The van der Waals surface area contributed by atoms with Crippen molar-refractivity contribution in [2.75, 3.05) is 0 Å². The Bertz CT molecular complexity index is 590. The van der Waals surface area contributed by atoms with Crippen molar-refractivity contribution in [2.24, 2.45) is 4.99 Å². The molecule has 0 N–H and O–H groups in total. The Morgan fingerprint density at radius 3 is 3.12 bits per heavy atom. The van der Waals surface area contributed by atoms with Crippen LogP contribution in [0.15, 0.2) is 29.5 Å². The monoisotopic (exact) mass is 236 g/mol. The van der Waals surface area contributed by atoms with Gasteiger partial charge in [0.15, 0.2) is 5.82 Å². The molecule has 2 aromatic rings. The van der Waals surface area contributed by atoms with Crippen molar-refractivity contribution >= 4 is 22.5 Å². The van der Waals surface area contributed by atoms with E-state index in [0.29, 0.717) is 28.8 Å². The third-order valence-corrected chi connectivity index (χ3v) is 2.54. The van der Waals surface area contributed by atoms with Crippen LogP contribution in [-0.2, 0) is 6.54 Å². The molecular weight excluding hydrogens is 231 g/mol. The lowest BCUT2D eigenvalue weighted by molar-refractivity contribution is 0.628. The summed E-state index contributed by atoms with van der Waals surface area (Å²) < 4.78 is 14.8. The zero-order chi connectivity index (χ0) is 11.1. The van der Waals surface area contributed by atoms with E-state index in [0.717, 1.165) is 0 Å². The number of hydrogen-bond acceptors (Lipinski definition) is 3. The first-order valence-electron chi connectivity index (χ1n) is 4.65. The van der Waals surface area contributed by atoms with Crippen LogP contribution in [0.3, 0.4) is 0 Å². The van der Waals surface area contributed by atoms with Gasteiger partial charge in [0.25, 0.3) is 0 Å². The normalized spacial score (nSPS) is 13.8. The maximum absolute atomic E-state index is 13.2. The summed E-state index contributed by atoms with van der Waals surface area (Å²) in [6, 6.07) is 4.31. The largest absolute Gasteiger partial charge is 0.239 e. The molecule has 1 aromatic heterocycles. The van der Waals surface area contributed by atoms with E-state index in [2.05, 4.69) is 15.1 Å². The summed E-state index contributed by atoms with van der Waals surface area (Å²) in [5.41, 5.74) is 1.21. The standard InChI is InChI=1S/C10H6ClFN4/c11-9-4-16-10(13-5-14-16)7-3-6(12)1-2-8(7)15-9/h1-3,5H,4H2. The average Bonchev–Trinajstić information content (AvgIpc) is 2.64. The van der Waals surface area contributed by atoms with Crippen LogP contribution in [0, 0.1) is 5.82 Å². The van der Waals surface area contributed by atoms with Crippen LogP contribution in [0.5, 0.6) is 0 Å². The van der Waals surface area contributed by atoms with Crippen LogP contribution in [0.4, 0.5) is 10.1 Å². The third-order valence-electron chi connectivity index (χ3n) is 2.34. The first-order valence-corrected chi connectivity index (χ1v) is 5.02. The maximum Gasteiger partial charge on any atom is 0.160 e. The van der Waals surface area contributed by atoms with Crippen LogP contribution in [0.25, 0.3) is 11.4 Å². The second kappa shape index (κ2) is 3.38. The fourth-order valence-corrected chi connectivity index (χ4v) is 1.87. The molecule has 0 unspecified atom stereocenters. The van der Waals surface area contributed by atoms with E-state index < -0.39 is 0 Å². The Kier molecular flexibility index (Phi) is 2.00. The zero-order valence-electron chi connectivity index (χ0n) is 8.06. The Balaban J connectivity index is 2.34. The molecule has 80 valence electrons. The minimum atomic E-state index is -0.332. The van der Waals surface area contributed by atoms with Gasteiger partial charge >= 0.3 is 0 Å². The molecule has 0 aliphatic carbocycles. The molecule has 2 heterocycles. The maximum atomic E-state index is 13.2. The topological polar surface area (TPSA) is 43.1 Å². The Labute approximate surface area is 95.4 Å². The molecule has 1 aromatic carbocycles. The van der Waals surface area contributed by atoms with Crippen LogP contribution in [-0.4, -0.2) is 19.9 Å². The van der Waals surface area contributed by atoms with Gasteiger partial charge < -0.3 is 0 Å². The predicted molar refractivity (Wildman–Crippen MR) is 58.4 cm³/mol. The molecule has 1 aliphatic heterocycles. The molecule has 3 rings (SSSR count). The number of aromatic nitrogens is 3. The highest BCUT2D eigenvalue weighted by atomic mass is 35.5. The van der Waals surface area contributed by atoms with Gasteiger partial charge in [-0.3, -0.25) is 0 Å². The Hall–Kier alpha value is -1.75. The predicted octanol–water partition coefficient (Wildman–Crippen LogP) is 2.37. The number of benzene rings is 1. The summed E-state index contributed by atoms with van der Waals surface area (Å²) >= 11 is 5.94. The van der Waals surface area contributed by atoms with Gasteiger partial charge in [-0.15, -0.1) is 0 Å². The van der Waals surface area contributed by atoms with Gasteiger partial charge in [0.1, 0.15) is 17.3 Å². The van der Waals surface area contributed by atoms with E-state index >= 15 is 0 Å². The first-order chi connectivity index (χ1) is 7.74. The molecule has 0 radical (unpaired) electrons. The second-order valence-corrected chi connectivity index (χ2v) is 3.83.